The normalized spacial score (nSPS) is 17.3. The Balaban J connectivity index is 1.60. The molecule has 1 heterocycles. The number of rotatable bonds is 6. The molecule has 25 heavy (non-hydrogen) atoms. The van der Waals surface area contributed by atoms with Crippen LogP contribution in [0.2, 0.25) is 0 Å². The van der Waals surface area contributed by atoms with Gasteiger partial charge in [-0.1, -0.05) is 30.3 Å². The summed E-state index contributed by atoms with van der Waals surface area (Å²) in [5, 5.41) is 3.12. The average Bonchev–Trinajstić information content (AvgIpc) is 3.08. The van der Waals surface area contributed by atoms with Crippen LogP contribution in [0.5, 0.6) is 11.5 Å². The highest BCUT2D eigenvalue weighted by molar-refractivity contribution is 5.97. The number of ether oxygens (including phenoxy) is 2. The van der Waals surface area contributed by atoms with Crippen LogP contribution in [0.15, 0.2) is 48.5 Å². The molecule has 0 radical (unpaired) electrons. The maximum Gasteiger partial charge on any atom is 0.255 e. The molecule has 5 nitrogen and oxygen atoms in total. The minimum absolute atomic E-state index is 0.123. The van der Waals surface area contributed by atoms with Crippen LogP contribution in [-0.2, 0) is 6.54 Å². The molecule has 0 aromatic heterocycles. The third-order valence-corrected chi connectivity index (χ3v) is 4.51. The highest BCUT2D eigenvalue weighted by Crippen LogP contribution is 2.24. The van der Waals surface area contributed by atoms with E-state index in [-0.39, 0.29) is 11.9 Å². The number of nitrogens with one attached hydrogen (secondary N) is 1. The number of benzene rings is 2. The molecule has 0 spiro atoms. The zero-order valence-corrected chi connectivity index (χ0v) is 14.7. The van der Waals surface area contributed by atoms with Gasteiger partial charge in [-0.15, -0.1) is 0 Å². The predicted molar refractivity (Wildman–Crippen MR) is 97.1 cm³/mol. The van der Waals surface area contributed by atoms with Gasteiger partial charge < -0.3 is 14.8 Å². The van der Waals surface area contributed by atoms with Gasteiger partial charge in [-0.3, -0.25) is 9.69 Å². The number of carbonyl (C=O) groups is 1. The highest BCUT2D eigenvalue weighted by Gasteiger charge is 2.25. The largest absolute Gasteiger partial charge is 0.497 e. The summed E-state index contributed by atoms with van der Waals surface area (Å²) in [7, 11) is 3.15. The smallest absolute Gasteiger partial charge is 0.255 e. The Bertz CT molecular complexity index is 718. The lowest BCUT2D eigenvalue weighted by molar-refractivity contribution is 0.0934. The van der Waals surface area contributed by atoms with Gasteiger partial charge in [0.2, 0.25) is 0 Å². The summed E-state index contributed by atoms with van der Waals surface area (Å²) in [6.45, 7) is 2.75. The summed E-state index contributed by atoms with van der Waals surface area (Å²) in [5.74, 6) is 1.07. The van der Waals surface area contributed by atoms with Crippen molar-refractivity contribution in [2.45, 2.75) is 19.0 Å². The van der Waals surface area contributed by atoms with Gasteiger partial charge in [0, 0.05) is 25.7 Å². The van der Waals surface area contributed by atoms with Crippen LogP contribution in [0.3, 0.4) is 0 Å². The molecule has 3 rings (SSSR count). The Kier molecular flexibility index (Phi) is 5.56. The molecule has 2 aromatic rings. The third kappa shape index (κ3) is 4.31. The number of carbonyl (C=O) groups excluding carboxylic acids is 1. The third-order valence-electron chi connectivity index (χ3n) is 4.51. The van der Waals surface area contributed by atoms with E-state index in [9.17, 15) is 4.79 Å². The lowest BCUT2D eigenvalue weighted by Crippen LogP contribution is -2.37. The maximum absolute atomic E-state index is 12.6. The van der Waals surface area contributed by atoms with E-state index in [1.807, 2.05) is 6.07 Å². The summed E-state index contributed by atoms with van der Waals surface area (Å²) in [6.07, 6.45) is 0.949. The van der Waals surface area contributed by atoms with Crippen LogP contribution in [-0.4, -0.2) is 44.2 Å². The second-order valence-corrected chi connectivity index (χ2v) is 6.25. The maximum atomic E-state index is 12.6. The van der Waals surface area contributed by atoms with Crippen molar-refractivity contribution >= 4 is 5.91 Å². The summed E-state index contributed by atoms with van der Waals surface area (Å²) >= 11 is 0. The second-order valence-electron chi connectivity index (χ2n) is 6.25. The van der Waals surface area contributed by atoms with Crippen molar-refractivity contribution in [2.24, 2.45) is 0 Å². The quantitative estimate of drug-likeness (QED) is 0.878. The fraction of sp³-hybridized carbons (Fsp3) is 0.350. The molecule has 5 heteroatoms. The number of likely N-dealkylation sites (tertiary alicyclic amines) is 1. The average molecular weight is 340 g/mol. The molecule has 1 N–H and O–H groups in total. The molecule has 1 aliphatic heterocycles. The standard InChI is InChI=1S/C20H24N2O3/c1-24-17-8-9-19(25-2)18(12-17)20(23)21-16-10-11-22(14-16)13-15-6-4-3-5-7-15/h3-9,12,16H,10-11,13-14H2,1-2H3,(H,21,23). The molecule has 1 atom stereocenters. The van der Waals surface area contributed by atoms with Gasteiger partial charge >= 0.3 is 0 Å². The van der Waals surface area contributed by atoms with Gasteiger partial charge in [0.05, 0.1) is 19.8 Å². The molecule has 0 aliphatic carbocycles. The molecule has 1 amide bonds. The van der Waals surface area contributed by atoms with Gasteiger partial charge in [-0.25, -0.2) is 0 Å². The van der Waals surface area contributed by atoms with Crippen molar-refractivity contribution in [3.8, 4) is 11.5 Å². The van der Waals surface area contributed by atoms with E-state index in [1.165, 1.54) is 5.56 Å². The molecule has 1 fully saturated rings. The van der Waals surface area contributed by atoms with Crippen molar-refractivity contribution in [1.82, 2.24) is 10.2 Å². The van der Waals surface area contributed by atoms with Crippen molar-refractivity contribution in [1.29, 1.82) is 0 Å². The van der Waals surface area contributed by atoms with E-state index in [0.29, 0.717) is 17.1 Å². The van der Waals surface area contributed by atoms with Gasteiger partial charge in [-0.05, 0) is 30.2 Å². The SMILES string of the molecule is COc1ccc(OC)c(C(=O)NC2CCN(Cc3ccccc3)C2)c1. The zero-order chi connectivity index (χ0) is 17.6. The van der Waals surface area contributed by atoms with Crippen molar-refractivity contribution in [3.63, 3.8) is 0 Å². The molecular formula is C20H24N2O3. The lowest BCUT2D eigenvalue weighted by atomic mass is 10.1. The summed E-state index contributed by atoms with van der Waals surface area (Å²) in [4.78, 5) is 15.0. The molecule has 132 valence electrons. The Morgan fingerprint density at radius 1 is 1.16 bits per heavy atom. The first-order valence-corrected chi connectivity index (χ1v) is 8.48. The van der Waals surface area contributed by atoms with E-state index < -0.39 is 0 Å². The fourth-order valence-electron chi connectivity index (χ4n) is 3.19. The Hall–Kier alpha value is -2.53. The van der Waals surface area contributed by atoms with Crippen LogP contribution >= 0.6 is 0 Å². The predicted octanol–water partition coefficient (Wildman–Crippen LogP) is 2.71. The topological polar surface area (TPSA) is 50.8 Å². The Labute approximate surface area is 148 Å². The van der Waals surface area contributed by atoms with Gasteiger partial charge in [0.1, 0.15) is 11.5 Å². The molecular weight excluding hydrogens is 316 g/mol. The summed E-state index contributed by atoms with van der Waals surface area (Å²) < 4.78 is 10.5. The molecule has 1 saturated heterocycles. The van der Waals surface area contributed by atoms with Crippen LogP contribution < -0.4 is 14.8 Å². The highest BCUT2D eigenvalue weighted by atomic mass is 16.5. The van der Waals surface area contributed by atoms with E-state index in [0.717, 1.165) is 26.1 Å². The zero-order valence-electron chi connectivity index (χ0n) is 14.7. The van der Waals surface area contributed by atoms with Gasteiger partial charge in [-0.2, -0.15) is 0 Å². The van der Waals surface area contributed by atoms with Crippen LogP contribution in [0.1, 0.15) is 22.3 Å². The number of amides is 1. The monoisotopic (exact) mass is 340 g/mol. The van der Waals surface area contributed by atoms with Crippen molar-refractivity contribution in [3.05, 3.63) is 59.7 Å². The van der Waals surface area contributed by atoms with E-state index in [4.69, 9.17) is 9.47 Å². The lowest BCUT2D eigenvalue weighted by Gasteiger charge is -2.17. The van der Waals surface area contributed by atoms with Crippen LogP contribution in [0.4, 0.5) is 0 Å². The summed E-state index contributed by atoms with van der Waals surface area (Å²) in [6, 6.07) is 15.8. The molecule has 1 unspecified atom stereocenters. The molecule has 2 aromatic carbocycles. The van der Waals surface area contributed by atoms with Crippen molar-refractivity contribution < 1.29 is 14.3 Å². The fourth-order valence-corrected chi connectivity index (χ4v) is 3.19. The number of hydrogen-bond donors (Lipinski definition) is 1. The Morgan fingerprint density at radius 2 is 1.96 bits per heavy atom. The summed E-state index contributed by atoms with van der Waals surface area (Å²) in [5.41, 5.74) is 1.80. The minimum atomic E-state index is -0.123. The van der Waals surface area contributed by atoms with Crippen molar-refractivity contribution in [2.75, 3.05) is 27.3 Å². The van der Waals surface area contributed by atoms with Gasteiger partial charge in [0.15, 0.2) is 0 Å². The molecule has 0 bridgehead atoms. The van der Waals surface area contributed by atoms with Crippen LogP contribution in [0, 0.1) is 0 Å². The van der Waals surface area contributed by atoms with E-state index in [1.54, 1.807) is 32.4 Å². The second kappa shape index (κ2) is 8.03. The minimum Gasteiger partial charge on any atom is -0.497 e. The number of methoxy groups -OCH3 is 2. The van der Waals surface area contributed by atoms with Crippen LogP contribution in [0.25, 0.3) is 0 Å². The van der Waals surface area contributed by atoms with E-state index >= 15 is 0 Å². The first kappa shape index (κ1) is 17.3. The first-order chi connectivity index (χ1) is 12.2. The first-order valence-electron chi connectivity index (χ1n) is 8.48. The Morgan fingerprint density at radius 3 is 2.68 bits per heavy atom. The number of hydrogen-bond acceptors (Lipinski definition) is 4. The molecule has 1 aliphatic rings. The van der Waals surface area contributed by atoms with E-state index in [2.05, 4.69) is 34.5 Å². The van der Waals surface area contributed by atoms with Gasteiger partial charge in [0.25, 0.3) is 5.91 Å². The molecule has 0 saturated carbocycles. The number of nitrogens with zero attached hydrogens (tertiary/aromatic N) is 1.